The van der Waals surface area contributed by atoms with Gasteiger partial charge in [-0.1, -0.05) is 0 Å². The molecule has 0 unspecified atom stereocenters. The van der Waals surface area contributed by atoms with Gasteiger partial charge in [-0.25, -0.2) is 4.39 Å². The molecule has 0 aliphatic heterocycles. The molecule has 1 aliphatic carbocycles. The van der Waals surface area contributed by atoms with Gasteiger partial charge in [-0.3, -0.25) is 14.6 Å². The van der Waals surface area contributed by atoms with Gasteiger partial charge >= 0.3 is 5.97 Å². The van der Waals surface area contributed by atoms with Crippen molar-refractivity contribution < 1.29 is 19.1 Å². The number of halogens is 1. The van der Waals surface area contributed by atoms with Crippen molar-refractivity contribution in [2.75, 3.05) is 0 Å². The minimum atomic E-state index is -1.26. The van der Waals surface area contributed by atoms with E-state index in [2.05, 4.69) is 4.98 Å². The minimum Gasteiger partial charge on any atom is -0.481 e. The number of carbonyl (C=O) groups excluding carboxylic acids is 1. The number of nitrogens with zero attached hydrogens (tertiary/aromatic N) is 1. The van der Waals surface area contributed by atoms with Crippen LogP contribution in [0.1, 0.15) is 18.4 Å². The summed E-state index contributed by atoms with van der Waals surface area (Å²) in [5.74, 6) is -1.82. The van der Waals surface area contributed by atoms with Crippen LogP contribution in [0.25, 0.3) is 0 Å². The number of hydrogen-bond acceptors (Lipinski definition) is 3. The molecule has 0 radical (unpaired) electrons. The van der Waals surface area contributed by atoms with E-state index in [0.29, 0.717) is 0 Å². The Morgan fingerprint density at radius 2 is 2.13 bits per heavy atom. The molecule has 1 aromatic heterocycles. The number of Topliss-reactive ketones (excluding diaryl/α,β-unsaturated/α-hetero) is 1. The molecule has 1 aliphatic rings. The van der Waals surface area contributed by atoms with E-state index in [1.807, 2.05) is 0 Å². The van der Waals surface area contributed by atoms with E-state index in [9.17, 15) is 14.0 Å². The summed E-state index contributed by atoms with van der Waals surface area (Å²) in [6.07, 6.45) is 2.14. The molecule has 78 valence electrons. The number of carboxylic acids is 1. The summed E-state index contributed by atoms with van der Waals surface area (Å²) >= 11 is 0. The number of carbonyl (C=O) groups is 2. The summed E-state index contributed by atoms with van der Waals surface area (Å²) in [6, 6.07) is 1.12. The summed E-state index contributed by atoms with van der Waals surface area (Å²) in [4.78, 5) is 25.5. The number of aromatic nitrogens is 1. The first-order valence-electron chi connectivity index (χ1n) is 4.41. The van der Waals surface area contributed by atoms with Crippen molar-refractivity contribution in [3.63, 3.8) is 0 Å². The van der Waals surface area contributed by atoms with E-state index in [1.54, 1.807) is 0 Å². The van der Waals surface area contributed by atoms with Crippen LogP contribution in [-0.4, -0.2) is 21.8 Å². The van der Waals surface area contributed by atoms with Gasteiger partial charge in [0.1, 0.15) is 17.0 Å². The molecule has 0 aromatic carbocycles. The maximum Gasteiger partial charge on any atom is 0.315 e. The lowest BCUT2D eigenvalue weighted by Gasteiger charge is -2.36. The summed E-state index contributed by atoms with van der Waals surface area (Å²) < 4.78 is 12.9. The van der Waals surface area contributed by atoms with Crippen molar-refractivity contribution in [3.8, 4) is 0 Å². The maximum atomic E-state index is 12.9. The lowest BCUT2D eigenvalue weighted by Crippen LogP contribution is -2.48. The Balaban J connectivity index is 2.43. The molecule has 1 aromatic rings. The first-order valence-corrected chi connectivity index (χ1v) is 4.41. The van der Waals surface area contributed by atoms with E-state index in [1.165, 1.54) is 6.20 Å². The Kier molecular flexibility index (Phi) is 2.03. The zero-order chi connectivity index (χ0) is 11.1. The molecule has 1 N–H and O–H groups in total. The second-order valence-electron chi connectivity index (χ2n) is 3.67. The molecule has 0 bridgehead atoms. The van der Waals surface area contributed by atoms with Crippen LogP contribution in [0.2, 0.25) is 0 Å². The molecule has 1 fully saturated rings. The number of rotatable bonds is 2. The fourth-order valence-corrected chi connectivity index (χ4v) is 1.77. The van der Waals surface area contributed by atoms with Crippen molar-refractivity contribution in [2.45, 2.75) is 18.3 Å². The standard InChI is InChI=1S/C10H8FNO3/c11-7-1-6(4-12-5-7)10(9(14)15)2-8(13)3-10/h1,4-5H,2-3H2,(H,14,15). The Hall–Kier alpha value is -1.78. The SMILES string of the molecule is O=C1CC(C(=O)O)(c2cncc(F)c2)C1. The first kappa shape index (κ1) is 9.76. The van der Waals surface area contributed by atoms with E-state index in [4.69, 9.17) is 5.11 Å². The van der Waals surface area contributed by atoms with Crippen molar-refractivity contribution >= 4 is 11.8 Å². The highest BCUT2D eigenvalue weighted by atomic mass is 19.1. The van der Waals surface area contributed by atoms with E-state index < -0.39 is 17.2 Å². The number of carboxylic acid groups (broad SMARTS) is 1. The Morgan fingerprint density at radius 1 is 1.47 bits per heavy atom. The van der Waals surface area contributed by atoms with Crippen molar-refractivity contribution in [1.29, 1.82) is 0 Å². The number of pyridine rings is 1. The van der Waals surface area contributed by atoms with Crippen LogP contribution < -0.4 is 0 Å². The molecule has 0 atom stereocenters. The summed E-state index contributed by atoms with van der Waals surface area (Å²) in [5.41, 5.74) is -0.999. The van der Waals surface area contributed by atoms with Gasteiger partial charge in [-0.15, -0.1) is 0 Å². The van der Waals surface area contributed by atoms with Gasteiger partial charge in [-0.2, -0.15) is 0 Å². The summed E-state index contributed by atoms with van der Waals surface area (Å²) in [7, 11) is 0. The lowest BCUT2D eigenvalue weighted by molar-refractivity contribution is -0.153. The molecule has 0 saturated heterocycles. The zero-order valence-corrected chi connectivity index (χ0v) is 7.74. The molecule has 2 rings (SSSR count). The lowest BCUT2D eigenvalue weighted by atomic mass is 9.64. The molecule has 0 amide bonds. The quantitative estimate of drug-likeness (QED) is 0.785. The van der Waals surface area contributed by atoms with Crippen LogP contribution in [0.5, 0.6) is 0 Å². The average molecular weight is 209 g/mol. The second kappa shape index (κ2) is 3.12. The van der Waals surface area contributed by atoms with Crippen molar-refractivity contribution in [1.82, 2.24) is 4.98 Å². The summed E-state index contributed by atoms with van der Waals surface area (Å²) in [6.45, 7) is 0. The van der Waals surface area contributed by atoms with E-state index >= 15 is 0 Å². The summed E-state index contributed by atoms with van der Waals surface area (Å²) in [5, 5.41) is 9.04. The van der Waals surface area contributed by atoms with Crippen molar-refractivity contribution in [3.05, 3.63) is 29.8 Å². The smallest absolute Gasteiger partial charge is 0.315 e. The van der Waals surface area contributed by atoms with Crippen LogP contribution >= 0.6 is 0 Å². The van der Waals surface area contributed by atoms with Crippen molar-refractivity contribution in [2.24, 2.45) is 0 Å². The third kappa shape index (κ3) is 1.40. The van der Waals surface area contributed by atoms with Gasteiger partial charge in [0.15, 0.2) is 0 Å². The van der Waals surface area contributed by atoms with Crippen LogP contribution in [0.4, 0.5) is 4.39 Å². The fourth-order valence-electron chi connectivity index (χ4n) is 1.77. The fraction of sp³-hybridized carbons (Fsp3) is 0.300. The molecule has 0 spiro atoms. The topological polar surface area (TPSA) is 67.3 Å². The Labute approximate surface area is 84.8 Å². The van der Waals surface area contributed by atoms with Gasteiger partial charge in [0, 0.05) is 19.0 Å². The molecule has 15 heavy (non-hydrogen) atoms. The van der Waals surface area contributed by atoms with E-state index in [0.717, 1.165) is 12.3 Å². The van der Waals surface area contributed by atoms with Gasteiger partial charge in [-0.05, 0) is 11.6 Å². The maximum absolute atomic E-state index is 12.9. The minimum absolute atomic E-state index is 0.0759. The highest BCUT2D eigenvalue weighted by Crippen LogP contribution is 2.41. The number of aliphatic carboxylic acids is 1. The molecule has 1 heterocycles. The van der Waals surface area contributed by atoms with Gasteiger partial charge in [0.05, 0.1) is 6.20 Å². The highest BCUT2D eigenvalue weighted by molar-refractivity contribution is 6.01. The molecule has 4 nitrogen and oxygen atoms in total. The number of hydrogen-bond donors (Lipinski definition) is 1. The van der Waals surface area contributed by atoms with Crippen LogP contribution in [0.3, 0.4) is 0 Å². The predicted octanol–water partition coefficient (Wildman–Crippen LogP) is 0.906. The van der Waals surface area contributed by atoms with E-state index in [-0.39, 0.29) is 24.2 Å². The Morgan fingerprint density at radius 3 is 2.60 bits per heavy atom. The third-order valence-corrected chi connectivity index (χ3v) is 2.66. The Bertz CT molecular complexity index is 436. The van der Waals surface area contributed by atoms with Crippen LogP contribution in [0, 0.1) is 5.82 Å². The van der Waals surface area contributed by atoms with Gasteiger partial charge in [0.2, 0.25) is 0 Å². The monoisotopic (exact) mass is 209 g/mol. The molecule has 1 saturated carbocycles. The largest absolute Gasteiger partial charge is 0.481 e. The normalized spacial score (nSPS) is 18.3. The third-order valence-electron chi connectivity index (χ3n) is 2.66. The predicted molar refractivity (Wildman–Crippen MR) is 47.7 cm³/mol. The average Bonchev–Trinajstić information content (AvgIpc) is 2.12. The van der Waals surface area contributed by atoms with Crippen LogP contribution in [0.15, 0.2) is 18.5 Å². The molecular formula is C10H8FNO3. The van der Waals surface area contributed by atoms with Crippen LogP contribution in [-0.2, 0) is 15.0 Å². The second-order valence-corrected chi connectivity index (χ2v) is 3.67. The number of ketones is 1. The zero-order valence-electron chi connectivity index (χ0n) is 7.74. The van der Waals surface area contributed by atoms with Gasteiger partial charge < -0.3 is 5.11 Å². The van der Waals surface area contributed by atoms with Gasteiger partial charge in [0.25, 0.3) is 0 Å². The molecular weight excluding hydrogens is 201 g/mol. The first-order chi connectivity index (χ1) is 7.04. The molecule has 5 heteroatoms. The highest BCUT2D eigenvalue weighted by Gasteiger charge is 2.51.